The zero-order chi connectivity index (χ0) is 11.3. The Morgan fingerprint density at radius 3 is 3.07 bits per heavy atom. The van der Waals surface area contributed by atoms with Gasteiger partial charge in [0.2, 0.25) is 0 Å². The number of ether oxygens (including phenoxy) is 1. The lowest BCUT2D eigenvalue weighted by molar-refractivity contribution is -0.142. The summed E-state index contributed by atoms with van der Waals surface area (Å²) >= 11 is 0. The van der Waals surface area contributed by atoms with Crippen LogP contribution in [0.1, 0.15) is 18.2 Å². The Balaban J connectivity index is 2.88. The molecule has 78 valence electrons. The van der Waals surface area contributed by atoms with Gasteiger partial charge in [-0.25, -0.2) is 4.98 Å². The fraction of sp³-hybridized carbons (Fsp3) is 0.300. The molecule has 0 aromatic carbocycles. The van der Waals surface area contributed by atoms with Crippen LogP contribution in [0.3, 0.4) is 0 Å². The van der Waals surface area contributed by atoms with E-state index in [0.717, 1.165) is 0 Å². The van der Waals surface area contributed by atoms with Gasteiger partial charge in [0.25, 0.3) is 0 Å². The van der Waals surface area contributed by atoms with E-state index in [2.05, 4.69) is 4.98 Å². The topological polar surface area (TPSA) is 89.0 Å². The Bertz CT molecular complexity index is 410. The summed E-state index contributed by atoms with van der Waals surface area (Å²) in [4.78, 5) is 15.0. The molecule has 0 saturated carbocycles. The van der Waals surface area contributed by atoms with Gasteiger partial charge in [-0.15, -0.1) is 0 Å². The Morgan fingerprint density at radius 1 is 1.73 bits per heavy atom. The summed E-state index contributed by atoms with van der Waals surface area (Å²) < 4.78 is 4.77. The minimum atomic E-state index is -0.388. The first kappa shape index (κ1) is 11.0. The molecule has 0 aliphatic carbocycles. The van der Waals surface area contributed by atoms with Gasteiger partial charge in [-0.2, -0.15) is 5.26 Å². The molecule has 1 rings (SSSR count). The summed E-state index contributed by atoms with van der Waals surface area (Å²) in [6.07, 6.45) is 1.40. The molecule has 1 heterocycles. The molecule has 0 amide bonds. The van der Waals surface area contributed by atoms with Crippen LogP contribution in [0.2, 0.25) is 0 Å². The first-order valence-electron chi connectivity index (χ1n) is 4.47. The van der Waals surface area contributed by atoms with Crippen molar-refractivity contribution in [3.05, 3.63) is 23.5 Å². The van der Waals surface area contributed by atoms with Crippen LogP contribution in [0, 0.1) is 11.3 Å². The highest BCUT2D eigenvalue weighted by Crippen LogP contribution is 2.10. The summed E-state index contributed by atoms with van der Waals surface area (Å²) in [5.74, 6) is -0.388. The molecule has 5 nitrogen and oxygen atoms in total. The molecule has 0 aliphatic rings. The average molecular weight is 205 g/mol. The average Bonchev–Trinajstić information content (AvgIpc) is 2.18. The van der Waals surface area contributed by atoms with E-state index in [1.54, 1.807) is 13.0 Å². The molecule has 15 heavy (non-hydrogen) atoms. The molecule has 0 saturated heterocycles. The van der Waals surface area contributed by atoms with Gasteiger partial charge in [0.05, 0.1) is 24.9 Å². The number of aromatic nitrogens is 1. The number of nitriles is 1. The van der Waals surface area contributed by atoms with Crippen LogP contribution in [0.25, 0.3) is 0 Å². The number of pyridine rings is 1. The van der Waals surface area contributed by atoms with Crippen LogP contribution in [0.15, 0.2) is 12.3 Å². The van der Waals surface area contributed by atoms with Crippen molar-refractivity contribution >= 4 is 11.7 Å². The second kappa shape index (κ2) is 4.96. The van der Waals surface area contributed by atoms with Crippen molar-refractivity contribution < 1.29 is 9.53 Å². The fourth-order valence-electron chi connectivity index (χ4n) is 1.13. The standard InChI is InChI=1S/C10H11N3O2/c1-2-15-10(14)4-7-3-8(12)6-13-9(7)5-11/h3,6H,2,4,12H2,1H3. The minimum absolute atomic E-state index is 0.0226. The molecule has 0 fully saturated rings. The number of hydrogen-bond donors (Lipinski definition) is 1. The van der Waals surface area contributed by atoms with Gasteiger partial charge in [0.15, 0.2) is 0 Å². The van der Waals surface area contributed by atoms with E-state index >= 15 is 0 Å². The minimum Gasteiger partial charge on any atom is -0.466 e. The highest BCUT2D eigenvalue weighted by Gasteiger charge is 2.10. The lowest BCUT2D eigenvalue weighted by Crippen LogP contribution is -2.09. The molecule has 0 spiro atoms. The van der Waals surface area contributed by atoms with Crippen molar-refractivity contribution in [3.63, 3.8) is 0 Å². The van der Waals surface area contributed by atoms with Gasteiger partial charge < -0.3 is 10.5 Å². The number of anilines is 1. The maximum Gasteiger partial charge on any atom is 0.310 e. The van der Waals surface area contributed by atoms with E-state index in [1.165, 1.54) is 6.20 Å². The lowest BCUT2D eigenvalue weighted by atomic mass is 10.1. The second-order valence-corrected chi connectivity index (χ2v) is 2.87. The summed E-state index contributed by atoms with van der Waals surface area (Å²) in [6.45, 7) is 2.04. The Morgan fingerprint density at radius 2 is 2.47 bits per heavy atom. The fourth-order valence-corrected chi connectivity index (χ4v) is 1.13. The summed E-state index contributed by atoms with van der Waals surface area (Å²) in [6, 6.07) is 3.45. The zero-order valence-electron chi connectivity index (χ0n) is 8.36. The molecule has 0 atom stereocenters. The van der Waals surface area contributed by atoms with E-state index < -0.39 is 0 Å². The van der Waals surface area contributed by atoms with Gasteiger partial charge in [-0.3, -0.25) is 4.79 Å². The van der Waals surface area contributed by atoms with E-state index in [4.69, 9.17) is 15.7 Å². The number of nitrogens with two attached hydrogens (primary N) is 1. The van der Waals surface area contributed by atoms with Gasteiger partial charge in [0.1, 0.15) is 11.8 Å². The number of carbonyl (C=O) groups excluding carboxylic acids is 1. The number of carbonyl (C=O) groups is 1. The van der Waals surface area contributed by atoms with Crippen molar-refractivity contribution in [2.75, 3.05) is 12.3 Å². The maximum absolute atomic E-state index is 11.2. The molecular formula is C10H11N3O2. The highest BCUT2D eigenvalue weighted by molar-refractivity contribution is 5.73. The summed E-state index contributed by atoms with van der Waals surface area (Å²) in [5, 5.41) is 8.75. The molecule has 2 N–H and O–H groups in total. The molecule has 1 aromatic rings. The van der Waals surface area contributed by atoms with Crippen molar-refractivity contribution in [2.45, 2.75) is 13.3 Å². The third-order valence-corrected chi connectivity index (χ3v) is 1.73. The van der Waals surface area contributed by atoms with Crippen LogP contribution in [-0.4, -0.2) is 17.6 Å². The molecule has 0 radical (unpaired) electrons. The van der Waals surface area contributed by atoms with Crippen molar-refractivity contribution in [3.8, 4) is 6.07 Å². The van der Waals surface area contributed by atoms with Gasteiger partial charge in [-0.1, -0.05) is 0 Å². The molecule has 0 aliphatic heterocycles. The predicted octanol–water partition coefficient (Wildman–Crippen LogP) is 0.641. The van der Waals surface area contributed by atoms with Crippen LogP contribution < -0.4 is 5.73 Å². The number of rotatable bonds is 3. The molecular weight excluding hydrogens is 194 g/mol. The van der Waals surface area contributed by atoms with Gasteiger partial charge in [0, 0.05) is 5.56 Å². The summed E-state index contributed by atoms with van der Waals surface area (Å²) in [5.41, 5.74) is 6.63. The van der Waals surface area contributed by atoms with Crippen LogP contribution >= 0.6 is 0 Å². The first-order chi connectivity index (χ1) is 7.17. The van der Waals surface area contributed by atoms with E-state index in [1.807, 2.05) is 6.07 Å². The summed E-state index contributed by atoms with van der Waals surface area (Å²) in [7, 11) is 0. The van der Waals surface area contributed by atoms with E-state index in [0.29, 0.717) is 17.9 Å². The van der Waals surface area contributed by atoms with E-state index in [9.17, 15) is 4.79 Å². The normalized spacial score (nSPS) is 9.33. The van der Waals surface area contributed by atoms with Crippen LogP contribution in [-0.2, 0) is 16.0 Å². The molecule has 0 unspecified atom stereocenters. The smallest absolute Gasteiger partial charge is 0.310 e. The number of nitrogens with zero attached hydrogens (tertiary/aromatic N) is 2. The van der Waals surface area contributed by atoms with Gasteiger partial charge >= 0.3 is 5.97 Å². The highest BCUT2D eigenvalue weighted by atomic mass is 16.5. The number of esters is 1. The number of nitrogen functional groups attached to an aromatic ring is 1. The quantitative estimate of drug-likeness (QED) is 0.731. The van der Waals surface area contributed by atoms with Gasteiger partial charge in [-0.05, 0) is 13.0 Å². The maximum atomic E-state index is 11.2. The SMILES string of the molecule is CCOC(=O)Cc1cc(N)cnc1C#N. The Hall–Kier alpha value is -2.09. The molecule has 5 heteroatoms. The van der Waals surface area contributed by atoms with Crippen LogP contribution in [0.4, 0.5) is 5.69 Å². The van der Waals surface area contributed by atoms with Crippen molar-refractivity contribution in [1.29, 1.82) is 5.26 Å². The third-order valence-electron chi connectivity index (χ3n) is 1.73. The predicted molar refractivity (Wildman–Crippen MR) is 53.7 cm³/mol. The largest absolute Gasteiger partial charge is 0.466 e. The molecule has 0 bridgehead atoms. The van der Waals surface area contributed by atoms with E-state index in [-0.39, 0.29) is 18.1 Å². The van der Waals surface area contributed by atoms with Crippen molar-refractivity contribution in [2.24, 2.45) is 0 Å². The third kappa shape index (κ3) is 2.95. The second-order valence-electron chi connectivity index (χ2n) is 2.87. The van der Waals surface area contributed by atoms with Crippen molar-refractivity contribution in [1.82, 2.24) is 4.98 Å². The lowest BCUT2D eigenvalue weighted by Gasteiger charge is -2.04. The first-order valence-corrected chi connectivity index (χ1v) is 4.47. The molecule has 1 aromatic heterocycles. The Labute approximate surface area is 87.5 Å². The van der Waals surface area contributed by atoms with Crippen LogP contribution in [0.5, 0.6) is 0 Å². The zero-order valence-corrected chi connectivity index (χ0v) is 8.36. The number of hydrogen-bond acceptors (Lipinski definition) is 5. The monoisotopic (exact) mass is 205 g/mol. The Kier molecular flexibility index (Phi) is 3.63.